The molecule has 1 saturated heterocycles. The number of nitrogens with zero attached hydrogens (tertiary/aromatic N) is 2. The SMILES string of the molecule is O=C(CN1C(=O)c2ccccc2S1(=O)=O)N(C1CCCC1)[C@H]1CCS(=O)(=O)C1. The molecule has 0 N–H and O–H groups in total. The van der Waals surface area contributed by atoms with Crippen molar-refractivity contribution in [2.24, 2.45) is 0 Å². The van der Waals surface area contributed by atoms with Crippen molar-refractivity contribution in [2.75, 3.05) is 18.1 Å². The summed E-state index contributed by atoms with van der Waals surface area (Å²) >= 11 is 0. The standard InChI is InChI=1S/C18H22N2O6S2/c21-17(11-19-18(22)15-7-3-4-8-16(15)28(19,25)26)20(13-5-1-2-6-13)14-9-10-27(23,24)12-14/h3-4,7-8,13-14H,1-2,5-6,9-12H2/t14-/m0/s1. The molecule has 0 radical (unpaired) electrons. The first-order valence-electron chi connectivity index (χ1n) is 9.38. The number of hydrogen-bond acceptors (Lipinski definition) is 6. The van der Waals surface area contributed by atoms with Crippen LogP contribution >= 0.6 is 0 Å². The van der Waals surface area contributed by atoms with Crippen LogP contribution in [-0.2, 0) is 24.7 Å². The first-order chi connectivity index (χ1) is 13.2. The predicted octanol–water partition coefficient (Wildman–Crippen LogP) is 0.789. The van der Waals surface area contributed by atoms with Gasteiger partial charge in [0.1, 0.15) is 11.4 Å². The Morgan fingerprint density at radius 1 is 1.04 bits per heavy atom. The fraction of sp³-hybridized carbons (Fsp3) is 0.556. The Morgan fingerprint density at radius 3 is 2.32 bits per heavy atom. The van der Waals surface area contributed by atoms with E-state index in [1.54, 1.807) is 11.0 Å². The van der Waals surface area contributed by atoms with Crippen molar-refractivity contribution in [1.29, 1.82) is 0 Å². The van der Waals surface area contributed by atoms with E-state index < -0.39 is 44.3 Å². The summed E-state index contributed by atoms with van der Waals surface area (Å²) in [6, 6.07) is 5.33. The van der Waals surface area contributed by atoms with Crippen molar-refractivity contribution in [3.8, 4) is 0 Å². The summed E-state index contributed by atoms with van der Waals surface area (Å²) in [6.45, 7) is -0.594. The van der Waals surface area contributed by atoms with Crippen molar-refractivity contribution in [3.63, 3.8) is 0 Å². The number of carbonyl (C=O) groups excluding carboxylic acids is 2. The van der Waals surface area contributed by atoms with Gasteiger partial charge in [-0.2, -0.15) is 0 Å². The van der Waals surface area contributed by atoms with E-state index in [4.69, 9.17) is 0 Å². The lowest BCUT2D eigenvalue weighted by Crippen LogP contribution is -2.51. The minimum atomic E-state index is -4.08. The maximum Gasteiger partial charge on any atom is 0.269 e. The molecule has 10 heteroatoms. The van der Waals surface area contributed by atoms with E-state index in [0.717, 1.165) is 25.7 Å². The second kappa shape index (κ2) is 6.84. The Bertz CT molecular complexity index is 1030. The number of carbonyl (C=O) groups is 2. The summed E-state index contributed by atoms with van der Waals surface area (Å²) in [7, 11) is -7.28. The lowest BCUT2D eigenvalue weighted by Gasteiger charge is -2.35. The molecule has 1 saturated carbocycles. The second-order valence-corrected chi connectivity index (χ2v) is 11.7. The quantitative estimate of drug-likeness (QED) is 0.704. The van der Waals surface area contributed by atoms with Crippen molar-refractivity contribution >= 4 is 31.7 Å². The third kappa shape index (κ3) is 3.22. The molecule has 3 aliphatic rings. The summed E-state index contributed by atoms with van der Waals surface area (Å²) in [5, 5.41) is 0. The van der Waals surface area contributed by atoms with E-state index in [2.05, 4.69) is 0 Å². The smallest absolute Gasteiger partial charge is 0.269 e. The molecule has 2 aliphatic heterocycles. The third-order valence-electron chi connectivity index (χ3n) is 5.80. The highest BCUT2D eigenvalue weighted by molar-refractivity contribution is 7.91. The van der Waals surface area contributed by atoms with Gasteiger partial charge in [0, 0.05) is 12.1 Å². The number of rotatable bonds is 4. The molecule has 2 heterocycles. The van der Waals surface area contributed by atoms with E-state index >= 15 is 0 Å². The van der Waals surface area contributed by atoms with Crippen LogP contribution in [0, 0.1) is 0 Å². The van der Waals surface area contributed by atoms with Gasteiger partial charge in [-0.3, -0.25) is 9.59 Å². The molecule has 4 rings (SSSR count). The molecular weight excluding hydrogens is 404 g/mol. The molecule has 1 aromatic carbocycles. The zero-order chi connectivity index (χ0) is 20.1. The van der Waals surface area contributed by atoms with Gasteiger partial charge in [-0.1, -0.05) is 25.0 Å². The second-order valence-electron chi connectivity index (χ2n) is 7.61. The highest BCUT2D eigenvalue weighted by Gasteiger charge is 2.45. The van der Waals surface area contributed by atoms with Crippen LogP contribution in [0.1, 0.15) is 42.5 Å². The molecule has 2 amide bonds. The number of benzene rings is 1. The monoisotopic (exact) mass is 426 g/mol. The van der Waals surface area contributed by atoms with Gasteiger partial charge in [0.15, 0.2) is 9.84 Å². The number of sulfonamides is 1. The molecule has 0 aromatic heterocycles. The van der Waals surface area contributed by atoms with Gasteiger partial charge in [0.05, 0.1) is 17.1 Å². The van der Waals surface area contributed by atoms with E-state index in [0.29, 0.717) is 10.7 Å². The van der Waals surface area contributed by atoms with E-state index in [-0.39, 0.29) is 28.0 Å². The summed E-state index contributed by atoms with van der Waals surface area (Å²) in [4.78, 5) is 27.2. The average molecular weight is 427 g/mol. The van der Waals surface area contributed by atoms with Crippen molar-refractivity contribution < 1.29 is 26.4 Å². The topological polar surface area (TPSA) is 109 Å². The van der Waals surface area contributed by atoms with Crippen LogP contribution in [0.5, 0.6) is 0 Å². The maximum absolute atomic E-state index is 13.1. The summed E-state index contributed by atoms with van der Waals surface area (Å²) in [5.74, 6) is -1.29. The van der Waals surface area contributed by atoms with Crippen LogP contribution in [0.2, 0.25) is 0 Å². The maximum atomic E-state index is 13.1. The molecule has 8 nitrogen and oxygen atoms in total. The predicted molar refractivity (Wildman–Crippen MR) is 101 cm³/mol. The molecule has 1 aromatic rings. The van der Waals surface area contributed by atoms with Gasteiger partial charge in [-0.05, 0) is 31.4 Å². The van der Waals surface area contributed by atoms with Gasteiger partial charge >= 0.3 is 0 Å². The molecule has 1 aliphatic carbocycles. The molecule has 2 fully saturated rings. The van der Waals surface area contributed by atoms with Crippen LogP contribution in [0.15, 0.2) is 29.2 Å². The Morgan fingerprint density at radius 2 is 1.71 bits per heavy atom. The Kier molecular flexibility index (Phi) is 4.73. The lowest BCUT2D eigenvalue weighted by atomic mass is 10.1. The number of sulfone groups is 1. The van der Waals surface area contributed by atoms with Gasteiger partial charge in [-0.25, -0.2) is 21.1 Å². The molecule has 0 unspecified atom stereocenters. The van der Waals surface area contributed by atoms with Crippen LogP contribution in [-0.4, -0.2) is 68.0 Å². The fourth-order valence-electron chi connectivity index (χ4n) is 4.47. The molecule has 152 valence electrons. The third-order valence-corrected chi connectivity index (χ3v) is 9.34. The molecule has 0 spiro atoms. The van der Waals surface area contributed by atoms with Crippen LogP contribution in [0.4, 0.5) is 0 Å². The number of hydrogen-bond donors (Lipinski definition) is 0. The Labute approximate surface area is 164 Å². The zero-order valence-corrected chi connectivity index (χ0v) is 16.9. The zero-order valence-electron chi connectivity index (χ0n) is 15.3. The minimum absolute atomic E-state index is 0.0283. The normalized spacial score (nSPS) is 25.8. The highest BCUT2D eigenvalue weighted by Crippen LogP contribution is 2.32. The van der Waals surface area contributed by atoms with Gasteiger partial charge in [-0.15, -0.1) is 0 Å². The van der Waals surface area contributed by atoms with E-state index in [1.807, 2.05) is 0 Å². The summed E-state index contributed by atoms with van der Waals surface area (Å²) in [6.07, 6.45) is 3.78. The fourth-order valence-corrected chi connectivity index (χ4v) is 7.70. The minimum Gasteiger partial charge on any atom is -0.334 e. The van der Waals surface area contributed by atoms with E-state index in [9.17, 15) is 26.4 Å². The lowest BCUT2D eigenvalue weighted by molar-refractivity contribution is -0.135. The Hall–Kier alpha value is -1.94. The van der Waals surface area contributed by atoms with E-state index in [1.165, 1.54) is 18.2 Å². The van der Waals surface area contributed by atoms with Crippen molar-refractivity contribution in [1.82, 2.24) is 9.21 Å². The molecule has 0 bridgehead atoms. The molecule has 1 atom stereocenters. The van der Waals surface area contributed by atoms with Crippen LogP contribution in [0.25, 0.3) is 0 Å². The number of fused-ring (bicyclic) bond motifs is 1. The van der Waals surface area contributed by atoms with Gasteiger partial charge < -0.3 is 4.90 Å². The highest BCUT2D eigenvalue weighted by atomic mass is 32.2. The van der Waals surface area contributed by atoms with Crippen molar-refractivity contribution in [3.05, 3.63) is 29.8 Å². The Balaban J connectivity index is 1.61. The van der Waals surface area contributed by atoms with Gasteiger partial charge in [0.2, 0.25) is 5.91 Å². The van der Waals surface area contributed by atoms with Crippen molar-refractivity contribution in [2.45, 2.75) is 49.1 Å². The first kappa shape index (κ1) is 19.4. The molecular formula is C18H22N2O6S2. The number of amides is 2. The summed E-state index contributed by atoms with van der Waals surface area (Å²) < 4.78 is 50.0. The molecule has 28 heavy (non-hydrogen) atoms. The summed E-state index contributed by atoms with van der Waals surface area (Å²) in [5.41, 5.74) is 0.0613. The average Bonchev–Trinajstić information content (AvgIpc) is 3.32. The first-order valence-corrected chi connectivity index (χ1v) is 12.6. The van der Waals surface area contributed by atoms with Gasteiger partial charge in [0.25, 0.3) is 15.9 Å². The largest absolute Gasteiger partial charge is 0.334 e. The van der Waals surface area contributed by atoms with Crippen LogP contribution < -0.4 is 0 Å². The van der Waals surface area contributed by atoms with Crippen LogP contribution in [0.3, 0.4) is 0 Å².